The molecule has 206 valence electrons. The first kappa shape index (κ1) is 26.8. The first-order chi connectivity index (χ1) is 17.6. The number of hydrogen-bond acceptors (Lipinski definition) is 9. The van der Waals surface area contributed by atoms with Crippen molar-refractivity contribution in [1.29, 1.82) is 0 Å². The Bertz CT molecular complexity index is 1200. The van der Waals surface area contributed by atoms with E-state index in [0.29, 0.717) is 18.4 Å². The van der Waals surface area contributed by atoms with Crippen molar-refractivity contribution in [3.05, 3.63) is 36.0 Å². The van der Waals surface area contributed by atoms with E-state index in [2.05, 4.69) is 6.58 Å². The number of epoxide rings is 1. The van der Waals surface area contributed by atoms with Crippen LogP contribution in [-0.4, -0.2) is 60.0 Å². The van der Waals surface area contributed by atoms with Gasteiger partial charge >= 0.3 is 17.9 Å². The second kappa shape index (κ2) is 8.36. The van der Waals surface area contributed by atoms with Gasteiger partial charge in [0, 0.05) is 40.7 Å². The number of allylic oxidation sites excluding steroid dienone is 2. The highest BCUT2D eigenvalue weighted by atomic mass is 16.6. The molecule has 2 heterocycles. The molecule has 0 aromatic heterocycles. The summed E-state index contributed by atoms with van der Waals surface area (Å²) < 4.78 is 22.4. The molecule has 2 saturated carbocycles. The molecule has 1 spiro atoms. The van der Waals surface area contributed by atoms with Crippen molar-refractivity contribution in [2.45, 2.75) is 78.0 Å². The smallest absolute Gasteiger partial charge is 0.333 e. The van der Waals surface area contributed by atoms with Gasteiger partial charge in [-0.15, -0.1) is 0 Å². The summed E-state index contributed by atoms with van der Waals surface area (Å²) in [6, 6.07) is 0. The standard InChI is InChI=1S/C29H36O9/c1-14-24(27(5)9-8-20(31)26(3,4)19(27)12-22(32)35-7)18(36-15(2)30)13-28(6)17(11-21-29(14,28)38-21)16-10-23(33)37-25(16)34/h8-10,17-19,21,24-25,34H,1,11-13H2,2-7H3/t17-,18+,19-,21+,24?,25?,27-,28-,29?/m0/s1. The Labute approximate surface area is 222 Å². The van der Waals surface area contributed by atoms with Crippen LogP contribution in [0.3, 0.4) is 0 Å². The molecule has 1 saturated heterocycles. The van der Waals surface area contributed by atoms with Crippen molar-refractivity contribution < 1.29 is 43.2 Å². The van der Waals surface area contributed by atoms with E-state index in [1.54, 1.807) is 6.08 Å². The number of hydrogen-bond donors (Lipinski definition) is 1. The van der Waals surface area contributed by atoms with Crippen LogP contribution in [0.25, 0.3) is 0 Å². The normalized spacial score (nSPS) is 44.6. The van der Waals surface area contributed by atoms with Crippen LogP contribution < -0.4 is 0 Å². The van der Waals surface area contributed by atoms with Gasteiger partial charge in [-0.25, -0.2) is 4.79 Å². The second-order valence-electron chi connectivity index (χ2n) is 12.5. The average Bonchev–Trinajstić information content (AvgIpc) is 3.38. The van der Waals surface area contributed by atoms with Crippen molar-refractivity contribution in [2.75, 3.05) is 7.11 Å². The molecule has 0 aromatic rings. The van der Waals surface area contributed by atoms with Crippen LogP contribution >= 0.6 is 0 Å². The minimum Gasteiger partial charge on any atom is -0.469 e. The molecule has 9 heteroatoms. The van der Waals surface area contributed by atoms with Crippen molar-refractivity contribution in [3.63, 3.8) is 0 Å². The lowest BCUT2D eigenvalue weighted by Gasteiger charge is -2.57. The van der Waals surface area contributed by atoms with Gasteiger partial charge in [0.15, 0.2) is 5.78 Å². The predicted octanol–water partition coefficient (Wildman–Crippen LogP) is 2.81. The van der Waals surface area contributed by atoms with Gasteiger partial charge in [-0.2, -0.15) is 0 Å². The Morgan fingerprint density at radius 3 is 2.47 bits per heavy atom. The zero-order valence-electron chi connectivity index (χ0n) is 22.7. The highest BCUT2D eigenvalue weighted by molar-refractivity contribution is 5.96. The van der Waals surface area contributed by atoms with Crippen LogP contribution in [0.15, 0.2) is 36.0 Å². The summed E-state index contributed by atoms with van der Waals surface area (Å²) in [6.07, 6.45) is 3.49. The lowest BCUT2D eigenvalue weighted by atomic mass is 9.47. The maximum absolute atomic E-state index is 13.0. The zero-order chi connectivity index (χ0) is 28.0. The molecule has 3 unspecified atom stereocenters. The van der Waals surface area contributed by atoms with Crippen LogP contribution in [0, 0.1) is 34.0 Å². The molecule has 2 aliphatic heterocycles. The number of carbonyl (C=O) groups is 4. The van der Waals surface area contributed by atoms with E-state index in [1.807, 2.05) is 33.8 Å². The van der Waals surface area contributed by atoms with Gasteiger partial charge in [-0.3, -0.25) is 14.4 Å². The molecule has 9 atom stereocenters. The van der Waals surface area contributed by atoms with E-state index in [1.165, 1.54) is 20.1 Å². The summed E-state index contributed by atoms with van der Waals surface area (Å²) in [5.74, 6) is -2.77. The largest absolute Gasteiger partial charge is 0.469 e. The topological polar surface area (TPSA) is 129 Å². The number of methoxy groups -OCH3 is 1. The minimum atomic E-state index is -1.33. The molecule has 5 rings (SSSR count). The number of ketones is 1. The van der Waals surface area contributed by atoms with Crippen LogP contribution in [0.2, 0.25) is 0 Å². The highest BCUT2D eigenvalue weighted by Gasteiger charge is 2.81. The van der Waals surface area contributed by atoms with Crippen molar-refractivity contribution in [1.82, 2.24) is 0 Å². The first-order valence-corrected chi connectivity index (χ1v) is 13.1. The summed E-state index contributed by atoms with van der Waals surface area (Å²) in [6.45, 7) is 13.5. The maximum Gasteiger partial charge on any atom is 0.333 e. The fraction of sp³-hybridized carbons (Fsp3) is 0.655. The third kappa shape index (κ3) is 3.43. The van der Waals surface area contributed by atoms with E-state index in [0.717, 1.165) is 5.57 Å². The SMILES string of the molecule is C=C1C([C@@]2(C)C=CC(=O)C(C)(C)[C@@H]2CC(=O)OC)[C@H](OC(C)=O)C[C@@]2(C)[C@H](C3=CC(=O)OC3O)C[C@H]3OC132. The third-order valence-electron chi connectivity index (χ3n) is 10.3. The molecule has 5 aliphatic rings. The summed E-state index contributed by atoms with van der Waals surface area (Å²) in [7, 11) is 1.32. The van der Waals surface area contributed by atoms with E-state index in [-0.39, 0.29) is 24.2 Å². The van der Waals surface area contributed by atoms with Gasteiger partial charge in [-0.1, -0.05) is 40.3 Å². The van der Waals surface area contributed by atoms with E-state index >= 15 is 0 Å². The maximum atomic E-state index is 13.0. The monoisotopic (exact) mass is 528 g/mol. The van der Waals surface area contributed by atoms with E-state index in [4.69, 9.17) is 18.9 Å². The number of esters is 3. The molecule has 9 nitrogen and oxygen atoms in total. The van der Waals surface area contributed by atoms with Gasteiger partial charge in [0.2, 0.25) is 6.29 Å². The van der Waals surface area contributed by atoms with Crippen LogP contribution in [0.5, 0.6) is 0 Å². The summed E-state index contributed by atoms with van der Waals surface area (Å²) in [5, 5.41) is 10.5. The minimum absolute atomic E-state index is 0.00234. The number of cyclic esters (lactones) is 1. The Morgan fingerprint density at radius 1 is 1.21 bits per heavy atom. The number of ether oxygens (including phenoxy) is 4. The Hall–Kier alpha value is -2.78. The van der Waals surface area contributed by atoms with E-state index < -0.39 is 64.0 Å². The Morgan fingerprint density at radius 2 is 1.89 bits per heavy atom. The quantitative estimate of drug-likeness (QED) is 0.248. The number of carbonyl (C=O) groups excluding carboxylic acids is 4. The van der Waals surface area contributed by atoms with Gasteiger partial charge in [-0.05, 0) is 36.3 Å². The van der Waals surface area contributed by atoms with Gasteiger partial charge in [0.1, 0.15) is 11.7 Å². The van der Waals surface area contributed by atoms with Crippen LogP contribution in [0.1, 0.15) is 53.9 Å². The summed E-state index contributed by atoms with van der Waals surface area (Å²) in [4.78, 5) is 49.9. The number of aliphatic hydroxyl groups is 1. The molecule has 38 heavy (non-hydrogen) atoms. The third-order valence-corrected chi connectivity index (χ3v) is 10.3. The molecule has 0 radical (unpaired) electrons. The molecule has 1 N–H and O–H groups in total. The molecule has 0 aromatic carbocycles. The number of rotatable bonds is 5. The average molecular weight is 529 g/mol. The fourth-order valence-corrected chi connectivity index (χ4v) is 8.45. The first-order valence-electron chi connectivity index (χ1n) is 13.1. The van der Waals surface area contributed by atoms with Crippen LogP contribution in [-0.2, 0) is 38.1 Å². The second-order valence-corrected chi connectivity index (χ2v) is 12.5. The molecular weight excluding hydrogens is 492 g/mol. The van der Waals surface area contributed by atoms with Crippen LogP contribution in [0.4, 0.5) is 0 Å². The van der Waals surface area contributed by atoms with Crippen molar-refractivity contribution in [2.24, 2.45) is 34.0 Å². The van der Waals surface area contributed by atoms with E-state index in [9.17, 15) is 24.3 Å². The fourth-order valence-electron chi connectivity index (χ4n) is 8.45. The van der Waals surface area contributed by atoms with Gasteiger partial charge < -0.3 is 24.1 Å². The summed E-state index contributed by atoms with van der Waals surface area (Å²) in [5.41, 5.74) is -1.89. The zero-order valence-corrected chi connectivity index (χ0v) is 22.7. The summed E-state index contributed by atoms with van der Waals surface area (Å²) >= 11 is 0. The molecule has 3 fully saturated rings. The van der Waals surface area contributed by atoms with Gasteiger partial charge in [0.25, 0.3) is 0 Å². The Kier molecular flexibility index (Phi) is 5.90. The van der Waals surface area contributed by atoms with Gasteiger partial charge in [0.05, 0.1) is 19.6 Å². The highest BCUT2D eigenvalue weighted by Crippen LogP contribution is 2.75. The molecule has 3 aliphatic carbocycles. The van der Waals surface area contributed by atoms with Crippen molar-refractivity contribution >= 4 is 23.7 Å². The van der Waals surface area contributed by atoms with Crippen molar-refractivity contribution in [3.8, 4) is 0 Å². The number of aliphatic hydroxyl groups excluding tert-OH is 1. The molecular formula is C29H36O9. The lowest BCUT2D eigenvalue weighted by molar-refractivity contribution is -0.166. The molecule has 0 bridgehead atoms. The Balaban J connectivity index is 1.62. The molecule has 0 amide bonds. The predicted molar refractivity (Wildman–Crippen MR) is 133 cm³/mol. The lowest BCUT2D eigenvalue weighted by Crippen LogP contribution is -2.59.